The molecule has 1 saturated carbocycles. The van der Waals surface area contributed by atoms with Gasteiger partial charge in [0.1, 0.15) is 11.6 Å². The van der Waals surface area contributed by atoms with Crippen molar-refractivity contribution in [3.05, 3.63) is 47.4 Å². The number of benzene rings is 1. The van der Waals surface area contributed by atoms with Crippen LogP contribution < -0.4 is 15.5 Å². The third-order valence-corrected chi connectivity index (χ3v) is 7.26. The zero-order valence-corrected chi connectivity index (χ0v) is 20.5. The van der Waals surface area contributed by atoms with Crippen LogP contribution in [0.15, 0.2) is 30.3 Å². The van der Waals surface area contributed by atoms with Crippen molar-refractivity contribution in [2.45, 2.75) is 69.4 Å². The quantitative estimate of drug-likeness (QED) is 0.370. The van der Waals surface area contributed by atoms with Gasteiger partial charge in [-0.1, -0.05) is 44.2 Å². The van der Waals surface area contributed by atoms with Crippen molar-refractivity contribution in [2.75, 3.05) is 29.9 Å². The largest absolute Gasteiger partial charge is 0.433 e. The van der Waals surface area contributed by atoms with Crippen LogP contribution in [-0.4, -0.2) is 34.7 Å². The minimum absolute atomic E-state index is 0.165. The van der Waals surface area contributed by atoms with E-state index in [-0.39, 0.29) is 28.1 Å². The summed E-state index contributed by atoms with van der Waals surface area (Å²) in [6.45, 7) is 1.82. The van der Waals surface area contributed by atoms with Crippen LogP contribution in [0.25, 0.3) is 0 Å². The number of rotatable bonds is 5. The molecule has 190 valence electrons. The lowest BCUT2D eigenvalue weighted by atomic mass is 9.69. The molecule has 1 aromatic heterocycles. The molecule has 0 unspecified atom stereocenters. The molecule has 0 radical (unpaired) electrons. The molecule has 0 bridgehead atoms. The summed E-state index contributed by atoms with van der Waals surface area (Å²) < 4.78 is 54.2. The molecule has 2 aromatic rings. The highest BCUT2D eigenvalue weighted by Gasteiger charge is 2.35. The van der Waals surface area contributed by atoms with E-state index >= 15 is 0 Å². The zero-order valence-electron chi connectivity index (χ0n) is 19.6. The third kappa shape index (κ3) is 6.59. The monoisotopic (exact) mass is 509 g/mol. The van der Waals surface area contributed by atoms with E-state index in [0.29, 0.717) is 19.6 Å². The fraction of sp³-hybridized carbons (Fsp3) is 0.560. The Morgan fingerprint density at radius 2 is 1.57 bits per heavy atom. The van der Waals surface area contributed by atoms with Crippen molar-refractivity contribution in [1.29, 1.82) is 0 Å². The molecule has 1 aromatic carbocycles. The van der Waals surface area contributed by atoms with Crippen molar-refractivity contribution >= 4 is 29.1 Å². The molecule has 1 aliphatic carbocycles. The van der Waals surface area contributed by atoms with Crippen molar-refractivity contribution in [2.24, 2.45) is 0 Å². The normalized spacial score (nSPS) is 18.6. The topological polar surface area (TPSA) is 53.1 Å². The first kappa shape index (κ1) is 25.6. The van der Waals surface area contributed by atoms with Crippen LogP contribution in [0.4, 0.5) is 29.3 Å². The average molecular weight is 510 g/mol. The molecule has 1 saturated heterocycles. The summed E-state index contributed by atoms with van der Waals surface area (Å²) >= 11 is 5.43. The lowest BCUT2D eigenvalue weighted by Crippen LogP contribution is -2.43. The van der Waals surface area contributed by atoms with E-state index in [1.165, 1.54) is 12.1 Å². The maximum Gasteiger partial charge on any atom is 0.433 e. The second-order valence-corrected chi connectivity index (χ2v) is 9.90. The first-order chi connectivity index (χ1) is 16.7. The maximum atomic E-state index is 13.6. The lowest BCUT2D eigenvalue weighted by Gasteiger charge is -2.38. The van der Waals surface area contributed by atoms with Crippen molar-refractivity contribution in [1.82, 2.24) is 15.3 Å². The van der Waals surface area contributed by atoms with E-state index in [1.54, 1.807) is 0 Å². The Hall–Kier alpha value is -2.49. The molecule has 0 atom stereocenters. The average Bonchev–Trinajstić information content (AvgIpc) is 3.13. The number of hydrogen-bond donors (Lipinski definition) is 2. The summed E-state index contributed by atoms with van der Waals surface area (Å²) in [6, 6.07) is 7.55. The summed E-state index contributed by atoms with van der Waals surface area (Å²) in [6.07, 6.45) is 4.45. The van der Waals surface area contributed by atoms with Gasteiger partial charge in [-0.3, -0.25) is 0 Å². The van der Waals surface area contributed by atoms with Crippen LogP contribution in [0.2, 0.25) is 0 Å². The van der Waals surface area contributed by atoms with Crippen LogP contribution >= 0.6 is 12.2 Å². The molecule has 1 aliphatic heterocycles. The van der Waals surface area contributed by atoms with Gasteiger partial charge in [0.2, 0.25) is 5.95 Å². The minimum Gasteiger partial charge on any atom is -0.361 e. The number of halogens is 4. The Morgan fingerprint density at radius 1 is 0.943 bits per heavy atom. The van der Waals surface area contributed by atoms with Crippen LogP contribution in [-0.2, 0) is 11.6 Å². The van der Waals surface area contributed by atoms with E-state index in [4.69, 9.17) is 12.2 Å². The van der Waals surface area contributed by atoms with Gasteiger partial charge < -0.3 is 15.5 Å². The van der Waals surface area contributed by atoms with Gasteiger partial charge in [-0.25, -0.2) is 9.37 Å². The molecule has 2 aliphatic rings. The Bertz CT molecular complexity index is 998. The van der Waals surface area contributed by atoms with E-state index in [2.05, 4.69) is 20.6 Å². The third-order valence-electron chi connectivity index (χ3n) is 7.01. The summed E-state index contributed by atoms with van der Waals surface area (Å²) in [5.41, 5.74) is -0.177. The second-order valence-electron chi connectivity index (χ2n) is 9.49. The van der Waals surface area contributed by atoms with E-state index in [9.17, 15) is 17.6 Å². The molecule has 4 rings (SSSR count). The highest BCUT2D eigenvalue weighted by Crippen LogP contribution is 2.39. The predicted octanol–water partition coefficient (Wildman–Crippen LogP) is 6.20. The fourth-order valence-electron chi connectivity index (χ4n) is 5.09. The minimum atomic E-state index is -4.59. The second kappa shape index (κ2) is 11.1. The van der Waals surface area contributed by atoms with Gasteiger partial charge >= 0.3 is 6.18 Å². The van der Waals surface area contributed by atoms with Crippen LogP contribution in [0, 0.1) is 5.82 Å². The Labute approximate surface area is 208 Å². The summed E-state index contributed by atoms with van der Waals surface area (Å²) in [5.74, 6) is -0.197. The van der Waals surface area contributed by atoms with Gasteiger partial charge in [0.15, 0.2) is 10.8 Å². The first-order valence-corrected chi connectivity index (χ1v) is 12.7. The molecule has 35 heavy (non-hydrogen) atoms. The van der Waals surface area contributed by atoms with Crippen molar-refractivity contribution < 1.29 is 17.6 Å². The molecule has 0 spiro atoms. The van der Waals surface area contributed by atoms with Gasteiger partial charge in [0.05, 0.1) is 0 Å². The fourth-order valence-corrected chi connectivity index (χ4v) is 5.26. The number of nitrogens with zero attached hydrogens (tertiary/aromatic N) is 3. The molecule has 0 amide bonds. The van der Waals surface area contributed by atoms with Crippen molar-refractivity contribution in [3.63, 3.8) is 0 Å². The number of hydrogen-bond acceptors (Lipinski definition) is 4. The van der Waals surface area contributed by atoms with Gasteiger partial charge in [0.25, 0.3) is 0 Å². The first-order valence-electron chi connectivity index (χ1n) is 12.3. The molecular formula is C25H31F4N5S. The maximum absolute atomic E-state index is 13.6. The van der Waals surface area contributed by atoms with E-state index in [1.807, 2.05) is 17.0 Å². The Morgan fingerprint density at radius 3 is 2.20 bits per heavy atom. The highest BCUT2D eigenvalue weighted by atomic mass is 32.1. The molecular weight excluding hydrogens is 478 g/mol. The van der Waals surface area contributed by atoms with Crippen LogP contribution in [0.3, 0.4) is 0 Å². The van der Waals surface area contributed by atoms with E-state index in [0.717, 1.165) is 69.4 Å². The highest BCUT2D eigenvalue weighted by molar-refractivity contribution is 7.80. The number of thiocarbonyl (C=S) groups is 1. The molecule has 2 fully saturated rings. The van der Waals surface area contributed by atoms with Gasteiger partial charge in [-0.2, -0.15) is 18.2 Å². The zero-order chi connectivity index (χ0) is 24.9. The lowest BCUT2D eigenvalue weighted by molar-refractivity contribution is -0.141. The Balaban J connectivity index is 1.50. The van der Waals surface area contributed by atoms with Gasteiger partial charge in [-0.15, -0.1) is 0 Å². The van der Waals surface area contributed by atoms with Gasteiger partial charge in [-0.05, 0) is 55.6 Å². The summed E-state index contributed by atoms with van der Waals surface area (Å²) in [5, 5.41) is 6.12. The summed E-state index contributed by atoms with van der Waals surface area (Å²) in [7, 11) is 0. The predicted molar refractivity (Wildman–Crippen MR) is 133 cm³/mol. The SMILES string of the molecule is Fc1ccc(C2(CNC(=S)Nc3nc(N4CCCCCC4)cc(C(F)(F)F)n3)CCCCC2)cc1. The number of alkyl halides is 3. The molecule has 10 heteroatoms. The van der Waals surface area contributed by atoms with Crippen LogP contribution in [0.5, 0.6) is 0 Å². The van der Waals surface area contributed by atoms with Crippen molar-refractivity contribution in [3.8, 4) is 0 Å². The van der Waals surface area contributed by atoms with E-state index < -0.39 is 11.9 Å². The standard InChI is InChI=1S/C25H31F4N5S/c26-19-10-8-18(9-11-19)24(12-4-3-5-13-24)17-30-23(35)33-22-31-20(25(27,28)29)16-21(32-22)34-14-6-1-2-7-15-34/h8-11,16H,1-7,12-15,17H2,(H2,30,31,32,33,35). The van der Waals surface area contributed by atoms with Crippen LogP contribution in [0.1, 0.15) is 69.0 Å². The molecule has 5 nitrogen and oxygen atoms in total. The smallest absolute Gasteiger partial charge is 0.361 e. The number of anilines is 2. The number of aromatic nitrogens is 2. The summed E-state index contributed by atoms with van der Waals surface area (Å²) in [4.78, 5) is 9.95. The number of nitrogens with one attached hydrogen (secondary N) is 2. The molecule has 2 heterocycles. The Kier molecular flexibility index (Phi) is 8.09. The van der Waals surface area contributed by atoms with Gasteiger partial charge in [0, 0.05) is 31.1 Å². The molecule has 2 N–H and O–H groups in total.